The normalized spacial score (nSPS) is 13.7. The Hall–Kier alpha value is -3.86. The molecule has 0 atom stereocenters. The number of nitrogens with zero attached hydrogens (tertiary/aromatic N) is 2. The van der Waals surface area contributed by atoms with Gasteiger partial charge in [-0.3, -0.25) is 9.59 Å². The number of methoxy groups -OCH3 is 1. The third-order valence-corrected chi connectivity index (χ3v) is 5.09. The third kappa shape index (κ3) is 3.35. The maximum Gasteiger partial charge on any atom is 0.282 e. The average molecular weight is 398 g/mol. The lowest BCUT2D eigenvalue weighted by Gasteiger charge is -2.25. The van der Waals surface area contributed by atoms with Crippen LogP contribution in [0.3, 0.4) is 0 Å². The van der Waals surface area contributed by atoms with Crippen molar-refractivity contribution in [1.29, 1.82) is 0 Å². The summed E-state index contributed by atoms with van der Waals surface area (Å²) in [4.78, 5) is 30.3. The Kier molecular flexibility index (Phi) is 5.35. The van der Waals surface area contributed by atoms with Crippen LogP contribution in [0.5, 0.6) is 5.75 Å². The molecule has 5 nitrogen and oxygen atoms in total. The molecule has 150 valence electrons. The molecule has 0 radical (unpaired) electrons. The van der Waals surface area contributed by atoms with Crippen molar-refractivity contribution in [3.05, 3.63) is 96.2 Å². The molecule has 3 aromatic rings. The first-order valence-electron chi connectivity index (χ1n) is 9.80. The van der Waals surface area contributed by atoms with Crippen molar-refractivity contribution in [2.45, 2.75) is 6.92 Å². The quantitative estimate of drug-likeness (QED) is 0.574. The second-order valence-corrected chi connectivity index (χ2v) is 6.82. The number of carbonyl (C=O) groups is 2. The van der Waals surface area contributed by atoms with Gasteiger partial charge in [-0.05, 0) is 36.8 Å². The first-order chi connectivity index (χ1) is 14.7. The van der Waals surface area contributed by atoms with Crippen LogP contribution in [0, 0.1) is 0 Å². The number of rotatable bonds is 6. The summed E-state index contributed by atoms with van der Waals surface area (Å²) in [5.41, 5.74) is 2.83. The summed E-state index contributed by atoms with van der Waals surface area (Å²) in [6, 6.07) is 25.9. The number of likely N-dealkylation sites (N-methyl/N-ethyl adjacent to an activating group) is 1. The van der Waals surface area contributed by atoms with Crippen molar-refractivity contribution in [1.82, 2.24) is 0 Å². The summed E-state index contributed by atoms with van der Waals surface area (Å²) in [5, 5.41) is 0. The Labute approximate surface area is 175 Å². The molecule has 1 aliphatic heterocycles. The van der Waals surface area contributed by atoms with Crippen LogP contribution >= 0.6 is 0 Å². The fourth-order valence-corrected chi connectivity index (χ4v) is 3.70. The Balaban J connectivity index is 1.89. The smallest absolute Gasteiger partial charge is 0.282 e. The van der Waals surface area contributed by atoms with Crippen LogP contribution in [0.15, 0.2) is 90.6 Å². The van der Waals surface area contributed by atoms with Crippen LogP contribution in [-0.2, 0) is 9.59 Å². The number of ether oxygens (including phenoxy) is 1. The van der Waals surface area contributed by atoms with E-state index in [4.69, 9.17) is 4.74 Å². The molecule has 0 unspecified atom stereocenters. The summed E-state index contributed by atoms with van der Waals surface area (Å²) in [7, 11) is 1.56. The van der Waals surface area contributed by atoms with Crippen LogP contribution in [0.2, 0.25) is 0 Å². The van der Waals surface area contributed by atoms with Crippen LogP contribution < -0.4 is 14.5 Å². The van der Waals surface area contributed by atoms with Gasteiger partial charge < -0.3 is 9.64 Å². The molecular weight excluding hydrogens is 376 g/mol. The first kappa shape index (κ1) is 19.5. The van der Waals surface area contributed by atoms with E-state index < -0.39 is 0 Å². The molecule has 3 aromatic carbocycles. The fraction of sp³-hybridized carbons (Fsp3) is 0.120. The predicted octanol–water partition coefficient (Wildman–Crippen LogP) is 4.51. The highest BCUT2D eigenvalue weighted by atomic mass is 16.5. The van der Waals surface area contributed by atoms with Gasteiger partial charge in [0.05, 0.1) is 18.4 Å². The summed E-state index contributed by atoms with van der Waals surface area (Å²) >= 11 is 0. The summed E-state index contributed by atoms with van der Waals surface area (Å²) in [5.74, 6) is -0.111. The second-order valence-electron chi connectivity index (χ2n) is 6.82. The van der Waals surface area contributed by atoms with Crippen molar-refractivity contribution in [2.24, 2.45) is 0 Å². The van der Waals surface area contributed by atoms with E-state index in [0.29, 0.717) is 34.8 Å². The van der Waals surface area contributed by atoms with Gasteiger partial charge in [0, 0.05) is 18.3 Å². The minimum Gasteiger partial charge on any atom is -0.497 e. The number of imide groups is 1. The summed E-state index contributed by atoms with van der Waals surface area (Å²) < 4.78 is 5.29. The molecule has 0 fully saturated rings. The highest BCUT2D eigenvalue weighted by molar-refractivity contribution is 6.46. The highest BCUT2D eigenvalue weighted by Gasteiger charge is 2.42. The molecule has 1 heterocycles. The molecule has 0 spiro atoms. The maximum atomic E-state index is 13.6. The molecule has 2 amide bonds. The van der Waals surface area contributed by atoms with Crippen molar-refractivity contribution in [2.75, 3.05) is 23.5 Å². The topological polar surface area (TPSA) is 49.9 Å². The fourth-order valence-electron chi connectivity index (χ4n) is 3.70. The predicted molar refractivity (Wildman–Crippen MR) is 118 cm³/mol. The second kappa shape index (κ2) is 8.25. The SMILES string of the molecule is CCN(C1=C(c2ccccc2)C(=O)N(c2cccc(OC)c2)C1=O)c1ccccc1. The molecule has 0 saturated carbocycles. The van der Waals surface area contributed by atoms with Crippen molar-refractivity contribution >= 4 is 28.8 Å². The van der Waals surface area contributed by atoms with Gasteiger partial charge in [-0.1, -0.05) is 54.6 Å². The Morgan fingerprint density at radius 2 is 1.50 bits per heavy atom. The van der Waals surface area contributed by atoms with Gasteiger partial charge >= 0.3 is 0 Å². The zero-order valence-corrected chi connectivity index (χ0v) is 16.9. The summed E-state index contributed by atoms with van der Waals surface area (Å²) in [6.07, 6.45) is 0. The monoisotopic (exact) mass is 398 g/mol. The Morgan fingerprint density at radius 3 is 2.13 bits per heavy atom. The Bertz CT molecular complexity index is 1110. The number of para-hydroxylation sites is 1. The van der Waals surface area contributed by atoms with Gasteiger partial charge in [-0.25, -0.2) is 4.90 Å². The lowest BCUT2D eigenvalue weighted by Crippen LogP contribution is -2.35. The molecule has 30 heavy (non-hydrogen) atoms. The van der Waals surface area contributed by atoms with E-state index in [1.807, 2.05) is 72.5 Å². The standard InChI is InChI=1S/C25H22N2O3/c1-3-26(19-13-8-5-9-14-19)23-22(18-11-6-4-7-12-18)24(28)27(25(23)29)20-15-10-16-21(17-20)30-2/h4-17H,3H2,1-2H3. The largest absolute Gasteiger partial charge is 0.497 e. The molecule has 5 heteroatoms. The van der Waals surface area contributed by atoms with Gasteiger partial charge in [0.2, 0.25) is 0 Å². The lowest BCUT2D eigenvalue weighted by molar-refractivity contribution is -0.120. The van der Waals surface area contributed by atoms with E-state index in [2.05, 4.69) is 0 Å². The third-order valence-electron chi connectivity index (χ3n) is 5.09. The van der Waals surface area contributed by atoms with Crippen LogP contribution in [0.25, 0.3) is 5.57 Å². The van der Waals surface area contributed by atoms with E-state index in [9.17, 15) is 9.59 Å². The number of benzene rings is 3. The van der Waals surface area contributed by atoms with Gasteiger partial charge in [-0.2, -0.15) is 0 Å². The van der Waals surface area contributed by atoms with Gasteiger partial charge in [0.25, 0.3) is 11.8 Å². The lowest BCUT2D eigenvalue weighted by atomic mass is 10.0. The number of amides is 2. The van der Waals surface area contributed by atoms with Crippen LogP contribution in [0.1, 0.15) is 12.5 Å². The molecular formula is C25H22N2O3. The van der Waals surface area contributed by atoms with Gasteiger partial charge in [-0.15, -0.1) is 0 Å². The highest BCUT2D eigenvalue weighted by Crippen LogP contribution is 2.37. The number of hydrogen-bond acceptors (Lipinski definition) is 4. The maximum absolute atomic E-state index is 13.6. The zero-order chi connectivity index (χ0) is 21.1. The van der Waals surface area contributed by atoms with E-state index >= 15 is 0 Å². The molecule has 0 saturated heterocycles. The van der Waals surface area contributed by atoms with E-state index in [1.165, 1.54) is 4.90 Å². The zero-order valence-electron chi connectivity index (χ0n) is 16.9. The molecule has 4 rings (SSSR count). The van der Waals surface area contributed by atoms with Crippen molar-refractivity contribution in [3.63, 3.8) is 0 Å². The minimum absolute atomic E-state index is 0.344. The first-order valence-corrected chi connectivity index (χ1v) is 9.80. The van der Waals surface area contributed by atoms with E-state index in [0.717, 1.165) is 5.69 Å². The molecule has 0 bridgehead atoms. The minimum atomic E-state index is -0.349. The number of carbonyl (C=O) groups excluding carboxylic acids is 2. The number of anilines is 2. The van der Waals surface area contributed by atoms with Gasteiger partial charge in [0.15, 0.2) is 0 Å². The molecule has 0 aromatic heterocycles. The average Bonchev–Trinajstić information content (AvgIpc) is 3.05. The van der Waals surface area contributed by atoms with Crippen molar-refractivity contribution < 1.29 is 14.3 Å². The van der Waals surface area contributed by atoms with Crippen LogP contribution in [-0.4, -0.2) is 25.5 Å². The summed E-state index contributed by atoms with van der Waals surface area (Å²) in [6.45, 7) is 2.51. The van der Waals surface area contributed by atoms with Crippen molar-refractivity contribution in [3.8, 4) is 5.75 Å². The van der Waals surface area contributed by atoms with E-state index in [-0.39, 0.29) is 11.8 Å². The Morgan fingerprint density at radius 1 is 0.833 bits per heavy atom. The van der Waals surface area contributed by atoms with Gasteiger partial charge in [0.1, 0.15) is 11.4 Å². The molecule has 0 aliphatic carbocycles. The molecule has 0 N–H and O–H groups in total. The number of hydrogen-bond donors (Lipinski definition) is 0. The molecule has 1 aliphatic rings. The van der Waals surface area contributed by atoms with E-state index in [1.54, 1.807) is 31.4 Å². The van der Waals surface area contributed by atoms with Crippen LogP contribution in [0.4, 0.5) is 11.4 Å².